The third kappa shape index (κ3) is 3.11. The molecule has 2 aliphatic heterocycles. The fourth-order valence-corrected chi connectivity index (χ4v) is 3.77. The Labute approximate surface area is 127 Å². The summed E-state index contributed by atoms with van der Waals surface area (Å²) in [6.07, 6.45) is -1.88. The number of alkyl halides is 3. The summed E-state index contributed by atoms with van der Waals surface area (Å²) in [4.78, 5) is 14.5. The highest BCUT2D eigenvalue weighted by Gasteiger charge is 2.47. The maximum absolute atomic E-state index is 12.3. The topological polar surface area (TPSA) is 32.3 Å². The van der Waals surface area contributed by atoms with Crippen LogP contribution in [0.3, 0.4) is 0 Å². The Morgan fingerprint density at radius 3 is 2.68 bits per heavy atom. The fourth-order valence-electron chi connectivity index (χ4n) is 3.77. The van der Waals surface area contributed by atoms with Crippen molar-refractivity contribution >= 4 is 5.91 Å². The third-order valence-electron chi connectivity index (χ3n) is 4.67. The lowest BCUT2D eigenvalue weighted by Crippen LogP contribution is -2.41. The van der Waals surface area contributed by atoms with Crippen molar-refractivity contribution < 1.29 is 18.0 Å². The van der Waals surface area contributed by atoms with Crippen molar-refractivity contribution in [3.8, 4) is 0 Å². The van der Waals surface area contributed by atoms with Gasteiger partial charge in [0.2, 0.25) is 5.91 Å². The Morgan fingerprint density at radius 1 is 1.27 bits per heavy atom. The molecule has 2 saturated heterocycles. The number of hydrogen-bond acceptors (Lipinski definition) is 2. The van der Waals surface area contributed by atoms with E-state index in [1.165, 1.54) is 0 Å². The Morgan fingerprint density at radius 2 is 2.00 bits per heavy atom. The predicted molar refractivity (Wildman–Crippen MR) is 76.1 cm³/mol. The zero-order valence-electron chi connectivity index (χ0n) is 12.1. The van der Waals surface area contributed by atoms with Crippen LogP contribution in [-0.2, 0) is 4.79 Å². The molecule has 3 atom stereocenters. The van der Waals surface area contributed by atoms with Crippen LogP contribution in [0.5, 0.6) is 0 Å². The number of rotatable bonds is 3. The van der Waals surface area contributed by atoms with Gasteiger partial charge in [0.1, 0.15) is 6.54 Å². The minimum atomic E-state index is -4.36. The molecule has 0 aromatic heterocycles. The van der Waals surface area contributed by atoms with Crippen LogP contribution in [0, 0.1) is 5.92 Å². The second-order valence-corrected chi connectivity index (χ2v) is 6.05. The molecule has 0 radical (unpaired) electrons. The average Bonchev–Trinajstić information content (AvgIpc) is 3.06. The highest BCUT2D eigenvalue weighted by Crippen LogP contribution is 2.44. The standard InChI is InChI=1S/C16H19F3N2O/c17-16(18,19)10-20-15(22)12-9-14(11-5-2-1-3-6-11)21-8-4-7-13(12)21/h1-3,5-6,12-14H,4,7-10H2,(H,20,22)/t12-,13+,14-/m0/s1. The molecule has 1 N–H and O–H groups in total. The second kappa shape index (κ2) is 5.91. The molecule has 3 rings (SSSR count). The predicted octanol–water partition coefficient (Wildman–Crippen LogP) is 2.89. The molecule has 2 aliphatic rings. The first-order valence-corrected chi connectivity index (χ1v) is 7.61. The zero-order valence-corrected chi connectivity index (χ0v) is 12.1. The van der Waals surface area contributed by atoms with Gasteiger partial charge in [-0.15, -0.1) is 0 Å². The van der Waals surface area contributed by atoms with Gasteiger partial charge in [-0.25, -0.2) is 0 Å². The molecule has 3 nitrogen and oxygen atoms in total. The van der Waals surface area contributed by atoms with E-state index in [4.69, 9.17) is 0 Å². The Hall–Kier alpha value is -1.56. The smallest absolute Gasteiger partial charge is 0.347 e. The Bertz CT molecular complexity index is 532. The van der Waals surface area contributed by atoms with Crippen LogP contribution in [-0.4, -0.2) is 36.1 Å². The minimum Gasteiger partial charge on any atom is -0.347 e. The molecule has 0 aliphatic carbocycles. The molecule has 0 spiro atoms. The Kier molecular flexibility index (Phi) is 4.12. The van der Waals surface area contributed by atoms with E-state index in [0.29, 0.717) is 6.42 Å². The lowest BCUT2D eigenvalue weighted by atomic mass is 9.93. The van der Waals surface area contributed by atoms with Crippen LogP contribution in [0.2, 0.25) is 0 Å². The summed E-state index contributed by atoms with van der Waals surface area (Å²) in [5, 5.41) is 2.06. The van der Waals surface area contributed by atoms with Crippen LogP contribution in [0.1, 0.15) is 30.9 Å². The summed E-state index contributed by atoms with van der Waals surface area (Å²) in [5.41, 5.74) is 1.14. The molecule has 1 aromatic carbocycles. The van der Waals surface area contributed by atoms with Gasteiger partial charge >= 0.3 is 6.18 Å². The fraction of sp³-hybridized carbons (Fsp3) is 0.562. The van der Waals surface area contributed by atoms with E-state index in [1.807, 2.05) is 30.3 Å². The maximum atomic E-state index is 12.3. The van der Waals surface area contributed by atoms with Crippen molar-refractivity contribution in [2.45, 2.75) is 37.5 Å². The summed E-state index contributed by atoms with van der Waals surface area (Å²) in [5.74, 6) is -0.817. The van der Waals surface area contributed by atoms with E-state index in [9.17, 15) is 18.0 Å². The molecular weight excluding hydrogens is 293 g/mol. The van der Waals surface area contributed by atoms with Crippen LogP contribution in [0.15, 0.2) is 30.3 Å². The van der Waals surface area contributed by atoms with Crippen LogP contribution in [0.25, 0.3) is 0 Å². The van der Waals surface area contributed by atoms with Gasteiger partial charge in [0.25, 0.3) is 0 Å². The molecule has 0 saturated carbocycles. The number of hydrogen-bond donors (Lipinski definition) is 1. The maximum Gasteiger partial charge on any atom is 0.405 e. The number of carbonyl (C=O) groups excluding carboxylic acids is 1. The number of halogens is 3. The molecule has 2 heterocycles. The number of fused-ring (bicyclic) bond motifs is 1. The molecule has 2 fully saturated rings. The second-order valence-electron chi connectivity index (χ2n) is 6.05. The van der Waals surface area contributed by atoms with E-state index >= 15 is 0 Å². The van der Waals surface area contributed by atoms with Crippen molar-refractivity contribution in [2.75, 3.05) is 13.1 Å². The van der Waals surface area contributed by atoms with Gasteiger partial charge in [0.15, 0.2) is 0 Å². The van der Waals surface area contributed by atoms with Gasteiger partial charge < -0.3 is 5.32 Å². The van der Waals surface area contributed by atoms with Crippen molar-refractivity contribution in [3.05, 3.63) is 35.9 Å². The van der Waals surface area contributed by atoms with Crippen molar-refractivity contribution in [2.24, 2.45) is 5.92 Å². The molecule has 6 heteroatoms. The SMILES string of the molecule is O=C(NCC(F)(F)F)[C@H]1C[C@@H](c2ccccc2)N2CCC[C@H]12. The number of amides is 1. The highest BCUT2D eigenvalue weighted by atomic mass is 19.4. The number of benzene rings is 1. The van der Waals surface area contributed by atoms with Crippen LogP contribution < -0.4 is 5.32 Å². The Balaban J connectivity index is 1.72. The van der Waals surface area contributed by atoms with E-state index in [0.717, 1.165) is 24.9 Å². The van der Waals surface area contributed by atoms with Gasteiger partial charge in [-0.05, 0) is 31.4 Å². The first-order chi connectivity index (χ1) is 10.5. The van der Waals surface area contributed by atoms with E-state index in [1.54, 1.807) is 0 Å². The zero-order chi connectivity index (χ0) is 15.7. The number of nitrogens with one attached hydrogen (secondary N) is 1. The number of nitrogens with zero attached hydrogens (tertiary/aromatic N) is 1. The molecule has 1 aromatic rings. The largest absolute Gasteiger partial charge is 0.405 e. The molecule has 22 heavy (non-hydrogen) atoms. The van der Waals surface area contributed by atoms with Crippen molar-refractivity contribution in [1.82, 2.24) is 10.2 Å². The lowest BCUT2D eigenvalue weighted by Gasteiger charge is -2.24. The van der Waals surface area contributed by atoms with Gasteiger partial charge in [0.05, 0.1) is 5.92 Å². The first kappa shape index (κ1) is 15.3. The number of carbonyl (C=O) groups is 1. The normalized spacial score (nSPS) is 28.6. The van der Waals surface area contributed by atoms with Gasteiger partial charge in [-0.1, -0.05) is 30.3 Å². The summed E-state index contributed by atoms with van der Waals surface area (Å²) in [6, 6.07) is 10.1. The van der Waals surface area contributed by atoms with Crippen molar-refractivity contribution in [3.63, 3.8) is 0 Å². The minimum absolute atomic E-state index is 0.0680. The highest BCUT2D eigenvalue weighted by molar-refractivity contribution is 5.80. The van der Waals surface area contributed by atoms with Gasteiger partial charge in [0, 0.05) is 12.1 Å². The summed E-state index contributed by atoms with van der Waals surface area (Å²) in [7, 11) is 0. The monoisotopic (exact) mass is 312 g/mol. The summed E-state index contributed by atoms with van der Waals surface area (Å²) < 4.78 is 36.9. The van der Waals surface area contributed by atoms with Crippen molar-refractivity contribution in [1.29, 1.82) is 0 Å². The molecule has 0 unspecified atom stereocenters. The van der Waals surface area contributed by atoms with Gasteiger partial charge in [-0.3, -0.25) is 9.69 Å². The third-order valence-corrected chi connectivity index (χ3v) is 4.67. The van der Waals surface area contributed by atoms with E-state index in [2.05, 4.69) is 10.2 Å². The average molecular weight is 312 g/mol. The van der Waals surface area contributed by atoms with Gasteiger partial charge in [-0.2, -0.15) is 13.2 Å². The molecule has 0 bridgehead atoms. The van der Waals surface area contributed by atoms with E-state index in [-0.39, 0.29) is 18.0 Å². The first-order valence-electron chi connectivity index (χ1n) is 7.61. The molecular formula is C16H19F3N2O. The molecule has 120 valence electrons. The quantitative estimate of drug-likeness (QED) is 0.931. The van der Waals surface area contributed by atoms with E-state index < -0.39 is 18.6 Å². The summed E-state index contributed by atoms with van der Waals surface area (Å²) >= 11 is 0. The summed E-state index contributed by atoms with van der Waals surface area (Å²) in [6.45, 7) is -0.335. The van der Waals surface area contributed by atoms with Crippen LogP contribution in [0.4, 0.5) is 13.2 Å². The van der Waals surface area contributed by atoms with Crippen LogP contribution >= 0.6 is 0 Å². The lowest BCUT2D eigenvalue weighted by molar-refractivity contribution is -0.141. The molecule has 1 amide bonds.